The van der Waals surface area contributed by atoms with Crippen LogP contribution in [0.3, 0.4) is 0 Å². The van der Waals surface area contributed by atoms with Crippen molar-refractivity contribution in [3.05, 3.63) is 71.7 Å². The van der Waals surface area contributed by atoms with E-state index in [1.54, 1.807) is 34.8 Å². The van der Waals surface area contributed by atoms with Crippen molar-refractivity contribution in [2.75, 3.05) is 43.5 Å². The van der Waals surface area contributed by atoms with Gasteiger partial charge in [0.25, 0.3) is 5.56 Å². The van der Waals surface area contributed by atoms with E-state index in [0.717, 1.165) is 49.7 Å². The number of ether oxygens (including phenoxy) is 1. The lowest BCUT2D eigenvalue weighted by Crippen LogP contribution is -2.51. The third-order valence-corrected chi connectivity index (χ3v) is 9.89. The molecule has 10 heteroatoms. The minimum Gasteiger partial charge on any atom is -0.481 e. The van der Waals surface area contributed by atoms with Crippen molar-refractivity contribution in [2.45, 2.75) is 65.0 Å². The number of benzene rings is 1. The molecule has 10 nitrogen and oxygen atoms in total. The van der Waals surface area contributed by atoms with Gasteiger partial charge in [-0.2, -0.15) is 9.97 Å². The Kier molecular flexibility index (Phi) is 9.49. The van der Waals surface area contributed by atoms with Crippen LogP contribution in [0.15, 0.2) is 66.1 Å². The van der Waals surface area contributed by atoms with E-state index in [2.05, 4.69) is 69.8 Å². The van der Waals surface area contributed by atoms with Crippen LogP contribution in [0, 0.1) is 11.8 Å². The van der Waals surface area contributed by atoms with Crippen LogP contribution in [-0.2, 0) is 6.54 Å². The number of fused-ring (bicyclic) bond motifs is 1. The highest BCUT2D eigenvalue weighted by Gasteiger charge is 2.30. The summed E-state index contributed by atoms with van der Waals surface area (Å²) in [5, 5.41) is 3.72. The first-order chi connectivity index (χ1) is 22.0. The molecule has 0 bridgehead atoms. The number of allylic oxidation sites excluding steroid dienone is 1. The molecular formula is C35H46N8O2. The molecule has 2 fully saturated rings. The number of pyridine rings is 1. The number of nitrogens with zero attached hydrogens (tertiary/aromatic N) is 7. The van der Waals surface area contributed by atoms with Crippen LogP contribution in [0.2, 0.25) is 0 Å². The van der Waals surface area contributed by atoms with E-state index in [1.165, 1.54) is 44.2 Å². The smallest absolute Gasteiger partial charge is 0.278 e. The molecule has 6 rings (SSSR count). The summed E-state index contributed by atoms with van der Waals surface area (Å²) >= 11 is 0. The fraction of sp³-hybridized carbons (Fsp3) is 0.486. The molecule has 1 aromatic carbocycles. The molecule has 1 N–H and O–H groups in total. The Bertz CT molecular complexity index is 1640. The summed E-state index contributed by atoms with van der Waals surface area (Å²) in [4.78, 5) is 32.2. The Labute approximate surface area is 265 Å². The van der Waals surface area contributed by atoms with E-state index in [0.29, 0.717) is 35.2 Å². The van der Waals surface area contributed by atoms with Crippen LogP contribution in [0.1, 0.15) is 52.4 Å². The lowest BCUT2D eigenvalue weighted by atomic mass is 9.76. The molecule has 1 aliphatic heterocycles. The third-order valence-electron chi connectivity index (χ3n) is 9.89. The highest BCUT2D eigenvalue weighted by atomic mass is 16.5. The van der Waals surface area contributed by atoms with Gasteiger partial charge < -0.3 is 15.0 Å². The number of nitrogens with one attached hydrogen (secondary N) is 1. The number of methoxy groups -OCH3 is 1. The highest BCUT2D eigenvalue weighted by molar-refractivity contribution is 5.77. The van der Waals surface area contributed by atoms with Gasteiger partial charge >= 0.3 is 0 Å². The van der Waals surface area contributed by atoms with Crippen molar-refractivity contribution >= 4 is 28.4 Å². The van der Waals surface area contributed by atoms with Gasteiger partial charge in [-0.3, -0.25) is 9.69 Å². The Balaban J connectivity index is 1.12. The van der Waals surface area contributed by atoms with Gasteiger partial charge in [-0.25, -0.2) is 14.3 Å². The molecule has 1 saturated heterocycles. The lowest BCUT2D eigenvalue weighted by Gasteiger charge is -2.43. The van der Waals surface area contributed by atoms with Crippen molar-refractivity contribution in [2.24, 2.45) is 11.8 Å². The third kappa shape index (κ3) is 6.47. The van der Waals surface area contributed by atoms with Crippen molar-refractivity contribution in [3.63, 3.8) is 0 Å². The second-order valence-electron chi connectivity index (χ2n) is 12.3. The van der Waals surface area contributed by atoms with Crippen LogP contribution in [0.4, 0.5) is 17.3 Å². The van der Waals surface area contributed by atoms with Crippen LogP contribution in [0.5, 0.6) is 5.88 Å². The van der Waals surface area contributed by atoms with Gasteiger partial charge in [-0.05, 0) is 67.9 Å². The standard InChI is InChI=1S/C35H46N8O2/c1-5-19-42-34(44)30-24-36-35(39-33(30)43(42)31-9-8-10-32(38-31)45-4)37-27-13-17-29(18-14-27)41-22-20-40(21-23-41)28-15-11-26(12-16-28)25(6-2)7-3/h5,8-10,13-14,17-18,24-26,28H,1,6-7,11-12,15-16,19-23H2,2-4H3,(H,36,37,39). The molecule has 2 aliphatic rings. The van der Waals surface area contributed by atoms with Gasteiger partial charge in [-0.15, -0.1) is 6.58 Å². The first kappa shape index (κ1) is 30.8. The molecule has 0 amide bonds. The van der Waals surface area contributed by atoms with Crippen LogP contribution in [0.25, 0.3) is 16.9 Å². The minimum absolute atomic E-state index is 0.208. The summed E-state index contributed by atoms with van der Waals surface area (Å²) in [6.07, 6.45) is 11.4. The Morgan fingerprint density at radius 2 is 1.73 bits per heavy atom. The molecule has 0 radical (unpaired) electrons. The number of piperazine rings is 1. The lowest BCUT2D eigenvalue weighted by molar-refractivity contribution is 0.109. The van der Waals surface area contributed by atoms with Gasteiger partial charge in [0.2, 0.25) is 11.8 Å². The Morgan fingerprint density at radius 3 is 2.40 bits per heavy atom. The van der Waals surface area contributed by atoms with E-state index in [1.807, 2.05) is 12.1 Å². The van der Waals surface area contributed by atoms with Crippen molar-refractivity contribution in [3.8, 4) is 11.7 Å². The minimum atomic E-state index is -0.208. The maximum Gasteiger partial charge on any atom is 0.278 e. The summed E-state index contributed by atoms with van der Waals surface area (Å²) < 4.78 is 8.56. The molecule has 1 saturated carbocycles. The predicted molar refractivity (Wildman–Crippen MR) is 181 cm³/mol. The maximum absolute atomic E-state index is 13.2. The zero-order valence-corrected chi connectivity index (χ0v) is 26.9. The molecule has 0 spiro atoms. The van der Waals surface area contributed by atoms with Crippen LogP contribution in [-0.4, -0.2) is 68.5 Å². The summed E-state index contributed by atoms with van der Waals surface area (Å²) in [5.41, 5.74) is 2.36. The quantitative estimate of drug-likeness (QED) is 0.206. The van der Waals surface area contributed by atoms with Gasteiger partial charge in [0, 0.05) is 55.9 Å². The molecule has 45 heavy (non-hydrogen) atoms. The average molecular weight is 611 g/mol. The monoisotopic (exact) mass is 610 g/mol. The van der Waals surface area contributed by atoms with Crippen molar-refractivity contribution in [1.29, 1.82) is 0 Å². The predicted octanol–water partition coefficient (Wildman–Crippen LogP) is 6.03. The first-order valence-electron chi connectivity index (χ1n) is 16.5. The summed E-state index contributed by atoms with van der Waals surface area (Å²) in [5.74, 6) is 3.21. The topological polar surface area (TPSA) is 93.3 Å². The number of rotatable bonds is 11. The summed E-state index contributed by atoms with van der Waals surface area (Å²) in [6.45, 7) is 13.2. The fourth-order valence-electron chi connectivity index (χ4n) is 7.37. The Hall–Kier alpha value is -4.18. The van der Waals surface area contributed by atoms with Gasteiger partial charge in [0.1, 0.15) is 5.39 Å². The normalized spacial score (nSPS) is 19.2. The molecule has 3 aromatic heterocycles. The first-order valence-corrected chi connectivity index (χ1v) is 16.5. The number of anilines is 3. The fourth-order valence-corrected chi connectivity index (χ4v) is 7.37. The molecular weight excluding hydrogens is 564 g/mol. The molecule has 4 aromatic rings. The van der Waals surface area contributed by atoms with E-state index < -0.39 is 0 Å². The second-order valence-corrected chi connectivity index (χ2v) is 12.3. The van der Waals surface area contributed by atoms with E-state index in [-0.39, 0.29) is 5.56 Å². The summed E-state index contributed by atoms with van der Waals surface area (Å²) in [6, 6.07) is 14.6. The van der Waals surface area contributed by atoms with Gasteiger partial charge in [-0.1, -0.05) is 38.8 Å². The maximum atomic E-state index is 13.2. The Morgan fingerprint density at radius 1 is 1.00 bits per heavy atom. The zero-order valence-electron chi connectivity index (χ0n) is 26.9. The van der Waals surface area contributed by atoms with Crippen LogP contribution < -0.4 is 20.5 Å². The molecule has 0 unspecified atom stereocenters. The van der Waals surface area contributed by atoms with E-state index >= 15 is 0 Å². The zero-order chi connectivity index (χ0) is 31.3. The average Bonchev–Trinajstić information content (AvgIpc) is 3.36. The summed E-state index contributed by atoms with van der Waals surface area (Å²) in [7, 11) is 1.56. The van der Waals surface area contributed by atoms with Crippen molar-refractivity contribution < 1.29 is 4.74 Å². The van der Waals surface area contributed by atoms with Crippen LogP contribution >= 0.6 is 0 Å². The van der Waals surface area contributed by atoms with Gasteiger partial charge in [0.15, 0.2) is 11.5 Å². The van der Waals surface area contributed by atoms with E-state index in [9.17, 15) is 4.79 Å². The molecule has 1 aliphatic carbocycles. The van der Waals surface area contributed by atoms with Gasteiger partial charge in [0.05, 0.1) is 13.7 Å². The SMILES string of the molecule is C=CCn1c(=O)c2cnc(Nc3ccc(N4CCN(C5CCC(C(CC)CC)CC5)CC4)cc3)nc2n1-c1cccc(OC)n1. The van der Waals surface area contributed by atoms with Crippen molar-refractivity contribution in [1.82, 2.24) is 29.2 Å². The largest absolute Gasteiger partial charge is 0.481 e. The number of hydrogen-bond donors (Lipinski definition) is 1. The molecule has 0 atom stereocenters. The number of aromatic nitrogens is 5. The highest BCUT2D eigenvalue weighted by Crippen LogP contribution is 2.36. The molecule has 238 valence electrons. The van der Waals surface area contributed by atoms with E-state index in [4.69, 9.17) is 9.72 Å². The molecule has 4 heterocycles. The number of hydrogen-bond acceptors (Lipinski definition) is 8. The second kappa shape index (κ2) is 13.9.